The van der Waals surface area contributed by atoms with E-state index in [1.54, 1.807) is 0 Å². The molecule has 144 valence electrons. The van der Waals surface area contributed by atoms with Crippen LogP contribution in [0.5, 0.6) is 0 Å². The molecular weight excluding hydrogens is 380 g/mol. The smallest absolute Gasteiger partial charge is 0.255 e. The standard InChI is InChI=1S/C27H16N4/c1-3-13-21-17(9-1)18-10-2-4-14-22(18)26-25(21)28-27(30-29-26)31-23-15-7-5-11-19(23)20-12-6-8-16-24(20)31/h1-16H. The van der Waals surface area contributed by atoms with Crippen LogP contribution in [0.15, 0.2) is 97.1 Å². The number of fused-ring (bicyclic) bond motifs is 9. The Bertz CT molecular complexity index is 1710. The molecule has 0 unspecified atom stereocenters. The molecule has 0 aliphatic rings. The number of para-hydroxylation sites is 2. The summed E-state index contributed by atoms with van der Waals surface area (Å²) in [5.74, 6) is 0.588. The highest BCUT2D eigenvalue weighted by molar-refractivity contribution is 6.23. The van der Waals surface area contributed by atoms with Crippen molar-refractivity contribution >= 4 is 54.4 Å². The fraction of sp³-hybridized carbons (Fsp3) is 0. The highest BCUT2D eigenvalue weighted by Crippen LogP contribution is 2.34. The Morgan fingerprint density at radius 2 is 0.871 bits per heavy atom. The molecule has 0 N–H and O–H groups in total. The summed E-state index contributed by atoms with van der Waals surface area (Å²) in [7, 11) is 0. The van der Waals surface area contributed by atoms with Crippen molar-refractivity contribution in [1.82, 2.24) is 19.7 Å². The third-order valence-corrected chi connectivity index (χ3v) is 6.11. The third-order valence-electron chi connectivity index (χ3n) is 6.11. The van der Waals surface area contributed by atoms with Crippen LogP contribution in [0.25, 0.3) is 60.3 Å². The molecule has 0 fully saturated rings. The summed E-state index contributed by atoms with van der Waals surface area (Å²) in [5, 5.41) is 16.2. The first kappa shape index (κ1) is 16.5. The SMILES string of the molecule is c1ccc2c(c1)c1ccccc1c1nc(-n3c4ccccc4c4ccccc43)nnc21. The largest absolute Gasteiger partial charge is 0.277 e. The van der Waals surface area contributed by atoms with Gasteiger partial charge < -0.3 is 0 Å². The fourth-order valence-corrected chi connectivity index (χ4v) is 4.77. The van der Waals surface area contributed by atoms with Crippen LogP contribution in [-0.2, 0) is 0 Å². The number of aromatic nitrogens is 4. The minimum Gasteiger partial charge on any atom is -0.277 e. The summed E-state index contributed by atoms with van der Waals surface area (Å²) in [6.07, 6.45) is 0. The molecule has 7 aromatic rings. The summed E-state index contributed by atoms with van der Waals surface area (Å²) < 4.78 is 2.11. The van der Waals surface area contributed by atoms with Crippen LogP contribution in [0, 0.1) is 0 Å². The van der Waals surface area contributed by atoms with Crippen molar-refractivity contribution in [2.45, 2.75) is 0 Å². The zero-order valence-corrected chi connectivity index (χ0v) is 16.5. The first-order valence-corrected chi connectivity index (χ1v) is 10.3. The molecule has 0 radical (unpaired) electrons. The second-order valence-electron chi connectivity index (χ2n) is 7.77. The van der Waals surface area contributed by atoms with Gasteiger partial charge in [0.05, 0.1) is 11.0 Å². The van der Waals surface area contributed by atoms with E-state index in [1.807, 2.05) is 6.07 Å². The first-order valence-electron chi connectivity index (χ1n) is 10.3. The lowest BCUT2D eigenvalue weighted by molar-refractivity contribution is 0.926. The number of hydrogen-bond acceptors (Lipinski definition) is 3. The van der Waals surface area contributed by atoms with Gasteiger partial charge >= 0.3 is 0 Å². The Morgan fingerprint density at radius 1 is 0.419 bits per heavy atom. The van der Waals surface area contributed by atoms with Crippen molar-refractivity contribution in [3.63, 3.8) is 0 Å². The Labute approximate surface area is 177 Å². The van der Waals surface area contributed by atoms with Crippen molar-refractivity contribution in [1.29, 1.82) is 0 Å². The Kier molecular flexibility index (Phi) is 3.24. The van der Waals surface area contributed by atoms with E-state index in [0.29, 0.717) is 5.95 Å². The molecule has 0 aliphatic carbocycles. The Morgan fingerprint density at radius 3 is 1.45 bits per heavy atom. The second kappa shape index (κ2) is 6.09. The molecule has 7 rings (SSSR count). The van der Waals surface area contributed by atoms with Gasteiger partial charge in [-0.2, -0.15) is 0 Å². The van der Waals surface area contributed by atoms with E-state index in [-0.39, 0.29) is 0 Å². The van der Waals surface area contributed by atoms with E-state index in [1.165, 1.54) is 21.5 Å². The van der Waals surface area contributed by atoms with Gasteiger partial charge in [0.15, 0.2) is 0 Å². The predicted molar refractivity (Wildman–Crippen MR) is 127 cm³/mol. The predicted octanol–water partition coefficient (Wildman–Crippen LogP) is 6.43. The average molecular weight is 396 g/mol. The van der Waals surface area contributed by atoms with Crippen molar-refractivity contribution in [3.8, 4) is 5.95 Å². The van der Waals surface area contributed by atoms with Crippen molar-refractivity contribution in [3.05, 3.63) is 97.1 Å². The molecule has 0 amide bonds. The van der Waals surface area contributed by atoms with Gasteiger partial charge in [0, 0.05) is 21.5 Å². The van der Waals surface area contributed by atoms with Gasteiger partial charge in [-0.3, -0.25) is 4.57 Å². The number of rotatable bonds is 1. The van der Waals surface area contributed by atoms with Crippen molar-refractivity contribution in [2.24, 2.45) is 0 Å². The molecule has 2 aromatic heterocycles. The molecule has 0 spiro atoms. The maximum atomic E-state index is 5.09. The van der Waals surface area contributed by atoms with E-state index in [2.05, 4.69) is 101 Å². The topological polar surface area (TPSA) is 43.6 Å². The van der Waals surface area contributed by atoms with Gasteiger partial charge in [-0.25, -0.2) is 4.98 Å². The lowest BCUT2D eigenvalue weighted by Crippen LogP contribution is -2.04. The third kappa shape index (κ3) is 2.21. The normalized spacial score (nSPS) is 11.9. The highest BCUT2D eigenvalue weighted by Gasteiger charge is 2.16. The van der Waals surface area contributed by atoms with Crippen LogP contribution in [-0.4, -0.2) is 19.7 Å². The molecule has 0 aliphatic heterocycles. The van der Waals surface area contributed by atoms with Gasteiger partial charge in [-0.1, -0.05) is 84.9 Å². The Balaban J connectivity index is 1.66. The molecule has 0 atom stereocenters. The molecular formula is C27H16N4. The lowest BCUT2D eigenvalue weighted by atomic mass is 10.00. The van der Waals surface area contributed by atoms with Crippen LogP contribution in [0.3, 0.4) is 0 Å². The number of benzene rings is 5. The number of hydrogen-bond donors (Lipinski definition) is 0. The molecule has 4 heteroatoms. The summed E-state index contributed by atoms with van der Waals surface area (Å²) >= 11 is 0. The van der Waals surface area contributed by atoms with Gasteiger partial charge in [-0.15, -0.1) is 10.2 Å². The van der Waals surface area contributed by atoms with Crippen LogP contribution in [0.1, 0.15) is 0 Å². The van der Waals surface area contributed by atoms with Gasteiger partial charge in [-0.05, 0) is 22.9 Å². The fourth-order valence-electron chi connectivity index (χ4n) is 4.77. The number of nitrogens with zero attached hydrogens (tertiary/aromatic N) is 4. The minimum absolute atomic E-state index is 0.588. The molecule has 5 aromatic carbocycles. The molecule has 0 saturated heterocycles. The van der Waals surface area contributed by atoms with Crippen LogP contribution in [0.4, 0.5) is 0 Å². The molecule has 2 heterocycles. The quantitative estimate of drug-likeness (QED) is 0.300. The minimum atomic E-state index is 0.588. The van der Waals surface area contributed by atoms with Gasteiger partial charge in [0.1, 0.15) is 11.0 Å². The van der Waals surface area contributed by atoms with Crippen LogP contribution >= 0.6 is 0 Å². The molecule has 4 nitrogen and oxygen atoms in total. The molecule has 0 bridgehead atoms. The zero-order valence-electron chi connectivity index (χ0n) is 16.5. The summed E-state index contributed by atoms with van der Waals surface area (Å²) in [5.41, 5.74) is 3.87. The van der Waals surface area contributed by atoms with E-state index < -0.39 is 0 Å². The molecule has 31 heavy (non-hydrogen) atoms. The maximum Gasteiger partial charge on any atom is 0.255 e. The molecule has 0 saturated carbocycles. The van der Waals surface area contributed by atoms with Gasteiger partial charge in [0.2, 0.25) is 0 Å². The van der Waals surface area contributed by atoms with E-state index in [0.717, 1.165) is 32.8 Å². The summed E-state index contributed by atoms with van der Waals surface area (Å²) in [4.78, 5) is 5.09. The zero-order chi connectivity index (χ0) is 20.4. The maximum absolute atomic E-state index is 5.09. The van der Waals surface area contributed by atoms with Crippen LogP contribution in [0.2, 0.25) is 0 Å². The van der Waals surface area contributed by atoms with E-state index in [9.17, 15) is 0 Å². The first-order chi connectivity index (χ1) is 15.4. The lowest BCUT2D eigenvalue weighted by Gasteiger charge is -2.10. The second-order valence-corrected chi connectivity index (χ2v) is 7.77. The van der Waals surface area contributed by atoms with E-state index >= 15 is 0 Å². The van der Waals surface area contributed by atoms with Crippen LogP contribution < -0.4 is 0 Å². The highest BCUT2D eigenvalue weighted by atomic mass is 15.3. The summed E-state index contributed by atoms with van der Waals surface area (Å²) in [6, 6.07) is 33.5. The average Bonchev–Trinajstić information content (AvgIpc) is 3.18. The van der Waals surface area contributed by atoms with E-state index in [4.69, 9.17) is 10.1 Å². The van der Waals surface area contributed by atoms with Crippen molar-refractivity contribution < 1.29 is 0 Å². The summed E-state index contributed by atoms with van der Waals surface area (Å²) in [6.45, 7) is 0. The van der Waals surface area contributed by atoms with Crippen molar-refractivity contribution in [2.75, 3.05) is 0 Å². The Hall–Kier alpha value is -4.31. The van der Waals surface area contributed by atoms with Gasteiger partial charge in [0.25, 0.3) is 5.95 Å². The monoisotopic (exact) mass is 396 g/mol.